The van der Waals surface area contributed by atoms with Gasteiger partial charge in [0.1, 0.15) is 11.9 Å². The van der Waals surface area contributed by atoms with E-state index in [0.29, 0.717) is 23.9 Å². The van der Waals surface area contributed by atoms with Crippen LogP contribution in [-0.4, -0.2) is 32.6 Å². The van der Waals surface area contributed by atoms with Gasteiger partial charge in [0.25, 0.3) is 5.91 Å². The monoisotopic (exact) mass is 467 g/mol. The third-order valence-corrected chi connectivity index (χ3v) is 7.52. The van der Waals surface area contributed by atoms with Crippen LogP contribution in [0.4, 0.5) is 0 Å². The van der Waals surface area contributed by atoms with Gasteiger partial charge in [-0.05, 0) is 60.7 Å². The van der Waals surface area contributed by atoms with Gasteiger partial charge in [-0.2, -0.15) is 0 Å². The molecule has 2 aromatic heterocycles. The Morgan fingerprint density at radius 3 is 2.70 bits per heavy atom. The number of fused-ring (bicyclic) bond motifs is 1. The largest absolute Gasteiger partial charge is 0.480 e. The highest BCUT2D eigenvalue weighted by Gasteiger charge is 2.28. The van der Waals surface area contributed by atoms with E-state index in [1.54, 1.807) is 23.5 Å². The van der Waals surface area contributed by atoms with Crippen molar-refractivity contribution < 1.29 is 14.7 Å². The number of carboxylic acid groups (broad SMARTS) is 1. The summed E-state index contributed by atoms with van der Waals surface area (Å²) in [5.41, 5.74) is 2.29. The first-order valence-corrected chi connectivity index (χ1v) is 12.8. The normalized spacial score (nSPS) is 19.6. The molecule has 176 valence electrons. The Kier molecular flexibility index (Phi) is 7.17. The van der Waals surface area contributed by atoms with E-state index < -0.39 is 12.0 Å². The number of carbonyl (C=O) groups is 2. The fourth-order valence-electron chi connectivity index (χ4n) is 4.97. The third kappa shape index (κ3) is 5.29. The van der Waals surface area contributed by atoms with Crippen molar-refractivity contribution in [2.24, 2.45) is 11.8 Å². The van der Waals surface area contributed by atoms with Crippen LogP contribution in [0, 0.1) is 11.8 Å². The summed E-state index contributed by atoms with van der Waals surface area (Å²) >= 11 is 1.73. The molecule has 0 aliphatic heterocycles. The number of aromatic nitrogens is 2. The quantitative estimate of drug-likeness (QED) is 0.447. The van der Waals surface area contributed by atoms with Crippen molar-refractivity contribution in [3.05, 3.63) is 52.0 Å². The SMILES string of the molecule is CC(C)C[C@H](NC(=O)c1ccc2c(c1)nc(Cc1cccs1)n2[C@H]1CCCC[C@H]1C)C(=O)O. The fourth-order valence-corrected chi connectivity index (χ4v) is 5.67. The number of amides is 1. The molecule has 0 saturated heterocycles. The van der Waals surface area contributed by atoms with E-state index in [1.807, 2.05) is 19.9 Å². The Morgan fingerprint density at radius 1 is 1.24 bits per heavy atom. The summed E-state index contributed by atoms with van der Waals surface area (Å²) in [6, 6.07) is 9.29. The molecule has 1 fully saturated rings. The smallest absolute Gasteiger partial charge is 0.326 e. The zero-order valence-corrected chi connectivity index (χ0v) is 20.4. The average molecular weight is 468 g/mol. The lowest BCUT2D eigenvalue weighted by molar-refractivity contribution is -0.139. The number of rotatable bonds is 8. The lowest BCUT2D eigenvalue weighted by Crippen LogP contribution is -2.41. The molecule has 0 bridgehead atoms. The first-order valence-electron chi connectivity index (χ1n) is 11.9. The van der Waals surface area contributed by atoms with Crippen LogP contribution < -0.4 is 5.32 Å². The molecule has 1 aliphatic rings. The van der Waals surface area contributed by atoms with E-state index in [9.17, 15) is 14.7 Å². The number of aliphatic carboxylic acids is 1. The predicted molar refractivity (Wildman–Crippen MR) is 132 cm³/mol. The summed E-state index contributed by atoms with van der Waals surface area (Å²) in [6.07, 6.45) is 6.02. The zero-order chi connectivity index (χ0) is 23.5. The molecule has 0 unspecified atom stereocenters. The molecule has 0 spiro atoms. The zero-order valence-electron chi connectivity index (χ0n) is 19.6. The maximum atomic E-state index is 12.9. The van der Waals surface area contributed by atoms with Crippen molar-refractivity contribution in [2.45, 2.75) is 71.4 Å². The van der Waals surface area contributed by atoms with Gasteiger partial charge in [0.15, 0.2) is 0 Å². The molecule has 7 heteroatoms. The number of imidazole rings is 1. The Labute approximate surface area is 199 Å². The van der Waals surface area contributed by atoms with Gasteiger partial charge in [-0.3, -0.25) is 4.79 Å². The number of carboxylic acids is 1. The summed E-state index contributed by atoms with van der Waals surface area (Å²) in [6.45, 7) is 6.22. The minimum atomic E-state index is -1.01. The second-order valence-electron chi connectivity index (χ2n) is 9.68. The third-order valence-electron chi connectivity index (χ3n) is 6.65. The van der Waals surface area contributed by atoms with Gasteiger partial charge < -0.3 is 15.0 Å². The van der Waals surface area contributed by atoms with E-state index in [4.69, 9.17) is 4.98 Å². The fraction of sp³-hybridized carbons (Fsp3) is 0.500. The van der Waals surface area contributed by atoms with Gasteiger partial charge >= 0.3 is 5.97 Å². The van der Waals surface area contributed by atoms with Crippen molar-refractivity contribution in [1.29, 1.82) is 0 Å². The van der Waals surface area contributed by atoms with Crippen molar-refractivity contribution in [2.75, 3.05) is 0 Å². The summed E-state index contributed by atoms with van der Waals surface area (Å²) in [5.74, 6) is 0.402. The van der Waals surface area contributed by atoms with Crippen LogP contribution in [0.5, 0.6) is 0 Å². The molecule has 1 amide bonds. The van der Waals surface area contributed by atoms with Crippen LogP contribution in [0.25, 0.3) is 11.0 Å². The Hall–Kier alpha value is -2.67. The van der Waals surface area contributed by atoms with Crippen LogP contribution in [0.1, 0.15) is 80.0 Å². The Balaban J connectivity index is 1.68. The molecule has 3 aromatic rings. The molecule has 4 rings (SSSR count). The molecule has 2 N–H and O–H groups in total. The highest BCUT2D eigenvalue weighted by atomic mass is 32.1. The molecule has 0 radical (unpaired) electrons. The number of nitrogens with zero attached hydrogens (tertiary/aromatic N) is 2. The van der Waals surface area contributed by atoms with E-state index in [1.165, 1.54) is 24.1 Å². The second-order valence-corrected chi connectivity index (χ2v) is 10.7. The molecule has 1 saturated carbocycles. The average Bonchev–Trinajstić information content (AvgIpc) is 3.40. The summed E-state index contributed by atoms with van der Waals surface area (Å²) < 4.78 is 2.40. The summed E-state index contributed by atoms with van der Waals surface area (Å²) in [4.78, 5) is 30.7. The number of thiophene rings is 1. The summed E-state index contributed by atoms with van der Waals surface area (Å²) in [7, 11) is 0. The van der Waals surface area contributed by atoms with Crippen molar-refractivity contribution in [3.63, 3.8) is 0 Å². The van der Waals surface area contributed by atoms with E-state index in [-0.39, 0.29) is 11.8 Å². The lowest BCUT2D eigenvalue weighted by atomic mass is 9.85. The number of nitrogens with one attached hydrogen (secondary N) is 1. The number of benzene rings is 1. The van der Waals surface area contributed by atoms with Gasteiger partial charge in [0.05, 0.1) is 11.0 Å². The highest BCUT2D eigenvalue weighted by Crippen LogP contribution is 2.37. The number of hydrogen-bond donors (Lipinski definition) is 2. The van der Waals surface area contributed by atoms with Crippen LogP contribution in [0.2, 0.25) is 0 Å². The molecule has 33 heavy (non-hydrogen) atoms. The van der Waals surface area contributed by atoms with E-state index in [0.717, 1.165) is 29.7 Å². The van der Waals surface area contributed by atoms with Crippen LogP contribution in [-0.2, 0) is 11.2 Å². The van der Waals surface area contributed by atoms with Gasteiger partial charge in [-0.1, -0.05) is 39.7 Å². The maximum absolute atomic E-state index is 12.9. The molecule has 1 aromatic carbocycles. The molecule has 3 atom stereocenters. The topological polar surface area (TPSA) is 84.2 Å². The number of carbonyl (C=O) groups excluding carboxylic acids is 1. The highest BCUT2D eigenvalue weighted by molar-refractivity contribution is 7.09. The van der Waals surface area contributed by atoms with Crippen molar-refractivity contribution >= 4 is 34.2 Å². The minimum Gasteiger partial charge on any atom is -0.480 e. The van der Waals surface area contributed by atoms with Gasteiger partial charge in [-0.25, -0.2) is 9.78 Å². The number of hydrogen-bond acceptors (Lipinski definition) is 4. The Bertz CT molecular complexity index is 1120. The predicted octanol–water partition coefficient (Wildman–Crippen LogP) is 5.67. The van der Waals surface area contributed by atoms with Crippen molar-refractivity contribution in [1.82, 2.24) is 14.9 Å². The maximum Gasteiger partial charge on any atom is 0.326 e. The second kappa shape index (κ2) is 10.1. The van der Waals surface area contributed by atoms with E-state index >= 15 is 0 Å². The van der Waals surface area contributed by atoms with Crippen molar-refractivity contribution in [3.8, 4) is 0 Å². The van der Waals surface area contributed by atoms with Crippen LogP contribution in [0.15, 0.2) is 35.7 Å². The first kappa shape index (κ1) is 23.5. The molecular formula is C26H33N3O3S. The van der Waals surface area contributed by atoms with Gasteiger partial charge in [0.2, 0.25) is 0 Å². The summed E-state index contributed by atoms with van der Waals surface area (Å²) in [5, 5.41) is 14.3. The Morgan fingerprint density at radius 2 is 2.03 bits per heavy atom. The molecule has 6 nitrogen and oxygen atoms in total. The minimum absolute atomic E-state index is 0.168. The van der Waals surface area contributed by atoms with Crippen LogP contribution in [0.3, 0.4) is 0 Å². The molecule has 1 aliphatic carbocycles. The molecular weight excluding hydrogens is 434 g/mol. The van der Waals surface area contributed by atoms with E-state index in [2.05, 4.69) is 34.3 Å². The van der Waals surface area contributed by atoms with Gasteiger partial charge in [-0.15, -0.1) is 11.3 Å². The van der Waals surface area contributed by atoms with Crippen LogP contribution >= 0.6 is 11.3 Å². The first-order chi connectivity index (χ1) is 15.8. The molecule has 2 heterocycles. The lowest BCUT2D eigenvalue weighted by Gasteiger charge is -2.31. The standard InChI is InChI=1S/C26H33N3O3S/c1-16(2)13-21(26(31)32)28-25(30)18-10-11-23-20(14-18)27-24(15-19-8-6-12-33-19)29(23)22-9-5-4-7-17(22)3/h6,8,10-12,14,16-17,21-22H,4-5,7,9,13,15H2,1-3H3,(H,28,30)(H,31,32)/t17-,21+,22+/m1/s1. The van der Waals surface area contributed by atoms with Gasteiger partial charge in [0, 0.05) is 22.9 Å².